The molecule has 0 bridgehead atoms. The number of hydrogen-bond donors (Lipinski definition) is 0. The Balaban J connectivity index is 2.15. The molecule has 1 saturated carbocycles. The fourth-order valence-corrected chi connectivity index (χ4v) is 2.88. The summed E-state index contributed by atoms with van der Waals surface area (Å²) in [5.74, 6) is -0.446. The van der Waals surface area contributed by atoms with Crippen molar-refractivity contribution >= 4 is 17.4 Å². The van der Waals surface area contributed by atoms with E-state index in [1.165, 1.54) is 6.07 Å². The Bertz CT molecular complexity index is 467. The molecule has 1 aromatic rings. The van der Waals surface area contributed by atoms with Crippen molar-refractivity contribution in [2.45, 2.75) is 44.6 Å². The van der Waals surface area contributed by atoms with Crippen molar-refractivity contribution in [3.8, 4) is 0 Å². The van der Waals surface area contributed by atoms with Crippen molar-refractivity contribution in [1.82, 2.24) is 0 Å². The second kappa shape index (κ2) is 6.02. The summed E-state index contributed by atoms with van der Waals surface area (Å²) in [7, 11) is 0. The van der Waals surface area contributed by atoms with Crippen LogP contribution in [-0.4, -0.2) is 18.0 Å². The number of ketones is 1. The van der Waals surface area contributed by atoms with E-state index in [0.29, 0.717) is 17.2 Å². The summed E-state index contributed by atoms with van der Waals surface area (Å²) in [6, 6.07) is 4.42. The Hall–Kier alpha value is -0.930. The summed E-state index contributed by atoms with van der Waals surface area (Å²) in [5.41, 5.74) is -0.304. The SMILES string of the molecule is CCOC1(C(=O)Cc2ccc(Cl)cc2F)CCCC1. The molecule has 0 unspecified atom stereocenters. The smallest absolute Gasteiger partial charge is 0.169 e. The largest absolute Gasteiger partial charge is 0.367 e. The maximum absolute atomic E-state index is 13.7. The molecule has 1 aliphatic rings. The maximum atomic E-state index is 13.7. The van der Waals surface area contributed by atoms with Gasteiger partial charge in [-0.1, -0.05) is 17.7 Å². The van der Waals surface area contributed by atoms with Gasteiger partial charge >= 0.3 is 0 Å². The molecular weight excluding hydrogens is 267 g/mol. The molecule has 0 heterocycles. The van der Waals surface area contributed by atoms with Gasteiger partial charge in [0.1, 0.15) is 11.4 Å². The van der Waals surface area contributed by atoms with Gasteiger partial charge in [-0.15, -0.1) is 0 Å². The van der Waals surface area contributed by atoms with Crippen LogP contribution < -0.4 is 0 Å². The van der Waals surface area contributed by atoms with Crippen molar-refractivity contribution in [1.29, 1.82) is 0 Å². The van der Waals surface area contributed by atoms with E-state index < -0.39 is 11.4 Å². The lowest BCUT2D eigenvalue weighted by Crippen LogP contribution is -2.40. The third kappa shape index (κ3) is 3.15. The lowest BCUT2D eigenvalue weighted by atomic mass is 9.91. The van der Waals surface area contributed by atoms with Gasteiger partial charge in [0.25, 0.3) is 0 Å². The third-order valence-electron chi connectivity index (χ3n) is 3.71. The lowest BCUT2D eigenvalue weighted by Gasteiger charge is -2.27. The van der Waals surface area contributed by atoms with Crippen LogP contribution >= 0.6 is 11.6 Å². The van der Waals surface area contributed by atoms with Crippen molar-refractivity contribution < 1.29 is 13.9 Å². The summed E-state index contributed by atoms with van der Waals surface area (Å²) in [5, 5.41) is 0.342. The van der Waals surface area contributed by atoms with E-state index in [2.05, 4.69) is 0 Å². The topological polar surface area (TPSA) is 26.3 Å². The van der Waals surface area contributed by atoms with Gasteiger partial charge in [-0.3, -0.25) is 4.79 Å². The molecule has 0 radical (unpaired) electrons. The predicted molar refractivity (Wildman–Crippen MR) is 72.9 cm³/mol. The van der Waals surface area contributed by atoms with E-state index in [1.54, 1.807) is 12.1 Å². The highest BCUT2D eigenvalue weighted by atomic mass is 35.5. The molecule has 0 spiro atoms. The quantitative estimate of drug-likeness (QED) is 0.819. The molecule has 0 aliphatic heterocycles. The van der Waals surface area contributed by atoms with E-state index in [0.717, 1.165) is 25.7 Å². The average molecular weight is 285 g/mol. The second-order valence-corrected chi connectivity index (χ2v) is 5.41. The number of hydrogen-bond acceptors (Lipinski definition) is 2. The van der Waals surface area contributed by atoms with E-state index >= 15 is 0 Å². The lowest BCUT2D eigenvalue weighted by molar-refractivity contribution is -0.142. The Morgan fingerprint density at radius 1 is 1.42 bits per heavy atom. The highest BCUT2D eigenvalue weighted by Gasteiger charge is 2.41. The number of rotatable bonds is 5. The molecule has 1 aromatic carbocycles. The Kier molecular flexibility index (Phi) is 4.58. The van der Waals surface area contributed by atoms with Gasteiger partial charge in [0.05, 0.1) is 0 Å². The van der Waals surface area contributed by atoms with E-state index in [9.17, 15) is 9.18 Å². The third-order valence-corrected chi connectivity index (χ3v) is 3.94. The zero-order chi connectivity index (χ0) is 13.9. The van der Waals surface area contributed by atoms with E-state index in [1.807, 2.05) is 6.92 Å². The van der Waals surface area contributed by atoms with Crippen LogP contribution in [0.15, 0.2) is 18.2 Å². The van der Waals surface area contributed by atoms with Crippen LogP contribution in [0.5, 0.6) is 0 Å². The van der Waals surface area contributed by atoms with Gasteiger partial charge in [0, 0.05) is 18.1 Å². The molecule has 0 saturated heterocycles. The van der Waals surface area contributed by atoms with Crippen molar-refractivity contribution in [3.63, 3.8) is 0 Å². The van der Waals surface area contributed by atoms with E-state index in [-0.39, 0.29) is 12.2 Å². The summed E-state index contributed by atoms with van der Waals surface area (Å²) in [6.45, 7) is 2.39. The molecule has 0 amide bonds. The summed E-state index contributed by atoms with van der Waals surface area (Å²) >= 11 is 5.71. The van der Waals surface area contributed by atoms with Gasteiger partial charge in [-0.25, -0.2) is 4.39 Å². The number of Topliss-reactive ketones (excluding diaryl/α,β-unsaturated/α-hetero) is 1. The van der Waals surface area contributed by atoms with Gasteiger partial charge in [-0.05, 0) is 50.3 Å². The highest BCUT2D eigenvalue weighted by molar-refractivity contribution is 6.30. The number of ether oxygens (including phenoxy) is 1. The van der Waals surface area contributed by atoms with Crippen LogP contribution in [0.4, 0.5) is 4.39 Å². The molecule has 4 heteroatoms. The first-order valence-electron chi connectivity index (χ1n) is 6.68. The van der Waals surface area contributed by atoms with E-state index in [4.69, 9.17) is 16.3 Å². The molecule has 0 aromatic heterocycles. The van der Waals surface area contributed by atoms with Crippen LogP contribution in [0.1, 0.15) is 38.2 Å². The Morgan fingerprint density at radius 3 is 2.68 bits per heavy atom. The van der Waals surface area contributed by atoms with Crippen molar-refractivity contribution in [2.75, 3.05) is 6.61 Å². The summed E-state index contributed by atoms with van der Waals surface area (Å²) < 4.78 is 19.4. The molecule has 1 fully saturated rings. The van der Waals surface area contributed by atoms with Crippen LogP contribution in [-0.2, 0) is 16.0 Å². The normalized spacial score (nSPS) is 17.6. The number of carbonyl (C=O) groups is 1. The molecule has 0 atom stereocenters. The van der Waals surface area contributed by atoms with Gasteiger partial charge in [0.2, 0.25) is 0 Å². The second-order valence-electron chi connectivity index (χ2n) is 4.97. The molecule has 104 valence electrons. The van der Waals surface area contributed by atoms with Gasteiger partial charge in [0.15, 0.2) is 5.78 Å². The molecular formula is C15H18ClFO2. The van der Waals surface area contributed by atoms with Crippen LogP contribution in [0.3, 0.4) is 0 Å². The average Bonchev–Trinajstić information content (AvgIpc) is 2.83. The first-order chi connectivity index (χ1) is 9.07. The Labute approximate surface area is 117 Å². The summed E-state index contributed by atoms with van der Waals surface area (Å²) in [4.78, 5) is 12.4. The van der Waals surface area contributed by atoms with Crippen LogP contribution in [0, 0.1) is 5.82 Å². The number of carbonyl (C=O) groups excluding carboxylic acids is 1. The monoisotopic (exact) mass is 284 g/mol. The van der Waals surface area contributed by atoms with Crippen LogP contribution in [0.2, 0.25) is 5.02 Å². The van der Waals surface area contributed by atoms with Crippen molar-refractivity contribution in [2.24, 2.45) is 0 Å². The predicted octanol–water partition coefficient (Wildman–Crippen LogP) is 3.94. The number of halogens is 2. The Morgan fingerprint density at radius 2 is 2.11 bits per heavy atom. The minimum Gasteiger partial charge on any atom is -0.367 e. The molecule has 2 rings (SSSR count). The summed E-state index contributed by atoms with van der Waals surface area (Å²) in [6.07, 6.45) is 3.55. The maximum Gasteiger partial charge on any atom is 0.169 e. The van der Waals surface area contributed by atoms with Gasteiger partial charge < -0.3 is 4.74 Å². The minimum absolute atomic E-state index is 0.0203. The van der Waals surface area contributed by atoms with Crippen molar-refractivity contribution in [3.05, 3.63) is 34.6 Å². The zero-order valence-corrected chi connectivity index (χ0v) is 11.8. The minimum atomic E-state index is -0.694. The standard InChI is InChI=1S/C15H18ClFO2/c1-2-19-15(7-3-4-8-15)14(18)9-11-5-6-12(16)10-13(11)17/h5-6,10H,2-4,7-9H2,1H3. The number of benzene rings is 1. The van der Waals surface area contributed by atoms with Gasteiger partial charge in [-0.2, -0.15) is 0 Å². The fraction of sp³-hybridized carbons (Fsp3) is 0.533. The highest BCUT2D eigenvalue weighted by Crippen LogP contribution is 2.35. The molecule has 2 nitrogen and oxygen atoms in total. The fourth-order valence-electron chi connectivity index (χ4n) is 2.73. The molecule has 0 N–H and O–H groups in total. The molecule has 19 heavy (non-hydrogen) atoms. The molecule has 1 aliphatic carbocycles. The first kappa shape index (κ1) is 14.5. The van der Waals surface area contributed by atoms with Crippen LogP contribution in [0.25, 0.3) is 0 Å². The zero-order valence-electron chi connectivity index (χ0n) is 11.0. The first-order valence-corrected chi connectivity index (χ1v) is 7.06.